The minimum Gasteiger partial charge on any atom is -0.326 e. The van der Waals surface area contributed by atoms with E-state index in [0.29, 0.717) is 23.4 Å². The summed E-state index contributed by atoms with van der Waals surface area (Å²) in [6.45, 7) is 5.79. The average molecular weight is 398 g/mol. The third-order valence-electron chi connectivity index (χ3n) is 4.84. The molecule has 4 amide bonds. The van der Waals surface area contributed by atoms with Gasteiger partial charge in [0.1, 0.15) is 5.54 Å². The summed E-state index contributed by atoms with van der Waals surface area (Å²) in [6.07, 6.45) is 0.371. The number of thioether (sulfide) groups is 1. The largest absolute Gasteiger partial charge is 0.326 e. The van der Waals surface area contributed by atoms with Gasteiger partial charge in [-0.2, -0.15) is 0 Å². The molecule has 146 valence electrons. The maximum atomic E-state index is 12.3. The van der Waals surface area contributed by atoms with Crippen molar-refractivity contribution in [3.63, 3.8) is 0 Å². The summed E-state index contributed by atoms with van der Waals surface area (Å²) in [5, 5.41) is 7.72. The molecule has 0 saturated carbocycles. The van der Waals surface area contributed by atoms with Crippen molar-refractivity contribution >= 4 is 35.3 Å². The Labute approximate surface area is 168 Å². The molecule has 0 radical (unpaired) electrons. The zero-order chi connectivity index (χ0) is 20.3. The molecule has 1 aliphatic rings. The number of benzene rings is 2. The highest BCUT2D eigenvalue weighted by Crippen LogP contribution is 2.27. The van der Waals surface area contributed by atoms with E-state index in [1.165, 1.54) is 11.1 Å². The van der Waals surface area contributed by atoms with Crippen LogP contribution >= 0.6 is 11.8 Å². The highest BCUT2D eigenvalue weighted by Gasteiger charge is 2.43. The molecule has 2 aromatic rings. The smallest absolute Gasteiger partial charge is 0.322 e. The van der Waals surface area contributed by atoms with Gasteiger partial charge in [-0.25, -0.2) is 4.79 Å². The SMILES string of the molecule is Cc1ccc(SCCC(=O)Nc2cccc([C@@]3(C)NC(=O)NC3=O)c2)cc1C. The Bertz CT molecular complexity index is 944. The Morgan fingerprint density at radius 1 is 1.11 bits per heavy atom. The van der Waals surface area contributed by atoms with Crippen molar-refractivity contribution in [3.8, 4) is 0 Å². The first-order valence-electron chi connectivity index (χ1n) is 9.02. The van der Waals surface area contributed by atoms with Gasteiger partial charge in [0.2, 0.25) is 5.91 Å². The first-order valence-corrected chi connectivity index (χ1v) is 10.0. The fraction of sp³-hybridized carbons (Fsp3) is 0.286. The van der Waals surface area contributed by atoms with Crippen molar-refractivity contribution in [3.05, 3.63) is 59.2 Å². The van der Waals surface area contributed by atoms with Crippen LogP contribution in [0.1, 0.15) is 30.0 Å². The number of anilines is 1. The number of rotatable bonds is 6. The number of aryl methyl sites for hydroxylation is 2. The fourth-order valence-corrected chi connectivity index (χ4v) is 3.89. The molecule has 1 atom stereocenters. The number of imide groups is 1. The summed E-state index contributed by atoms with van der Waals surface area (Å²) in [6, 6.07) is 12.7. The van der Waals surface area contributed by atoms with Gasteiger partial charge in [-0.05, 0) is 61.7 Å². The van der Waals surface area contributed by atoms with Crippen LogP contribution in [0.5, 0.6) is 0 Å². The number of hydrogen-bond acceptors (Lipinski definition) is 4. The van der Waals surface area contributed by atoms with E-state index in [0.717, 1.165) is 4.90 Å². The maximum absolute atomic E-state index is 12.3. The minimum absolute atomic E-state index is 0.0986. The molecular formula is C21H23N3O3S. The van der Waals surface area contributed by atoms with Crippen LogP contribution in [0.25, 0.3) is 0 Å². The number of amides is 4. The Hall–Kier alpha value is -2.80. The summed E-state index contributed by atoms with van der Waals surface area (Å²) < 4.78 is 0. The quantitative estimate of drug-likeness (QED) is 0.514. The lowest BCUT2D eigenvalue weighted by atomic mass is 9.92. The first-order chi connectivity index (χ1) is 13.3. The number of carbonyl (C=O) groups excluding carboxylic acids is 3. The summed E-state index contributed by atoms with van der Waals surface area (Å²) >= 11 is 1.64. The number of nitrogens with one attached hydrogen (secondary N) is 3. The van der Waals surface area contributed by atoms with Crippen molar-refractivity contribution in [1.29, 1.82) is 0 Å². The molecule has 1 saturated heterocycles. The Balaban J connectivity index is 1.58. The molecule has 1 fully saturated rings. The molecule has 0 spiro atoms. The van der Waals surface area contributed by atoms with Crippen molar-refractivity contribution < 1.29 is 14.4 Å². The Morgan fingerprint density at radius 3 is 2.57 bits per heavy atom. The zero-order valence-electron chi connectivity index (χ0n) is 16.1. The fourth-order valence-electron chi connectivity index (χ4n) is 2.94. The van der Waals surface area contributed by atoms with E-state index < -0.39 is 17.5 Å². The molecular weight excluding hydrogens is 374 g/mol. The first kappa shape index (κ1) is 19.9. The van der Waals surface area contributed by atoms with E-state index in [1.54, 1.807) is 43.0 Å². The maximum Gasteiger partial charge on any atom is 0.322 e. The molecule has 2 aromatic carbocycles. The molecule has 0 bridgehead atoms. The second-order valence-corrected chi connectivity index (χ2v) is 8.18. The summed E-state index contributed by atoms with van der Waals surface area (Å²) in [7, 11) is 0. The summed E-state index contributed by atoms with van der Waals surface area (Å²) in [5.74, 6) is 0.161. The third kappa shape index (κ3) is 4.36. The molecule has 6 nitrogen and oxygen atoms in total. The van der Waals surface area contributed by atoms with Gasteiger partial charge in [0, 0.05) is 22.8 Å². The van der Waals surface area contributed by atoms with Gasteiger partial charge in [-0.1, -0.05) is 18.2 Å². The van der Waals surface area contributed by atoms with Gasteiger partial charge in [-0.3, -0.25) is 14.9 Å². The van der Waals surface area contributed by atoms with Gasteiger partial charge in [0.15, 0.2) is 0 Å². The third-order valence-corrected chi connectivity index (χ3v) is 5.84. The van der Waals surface area contributed by atoms with Crippen LogP contribution in [0.4, 0.5) is 10.5 Å². The van der Waals surface area contributed by atoms with E-state index in [2.05, 4.69) is 48.0 Å². The van der Waals surface area contributed by atoms with Gasteiger partial charge in [0.25, 0.3) is 5.91 Å². The Kier molecular flexibility index (Phi) is 5.74. The predicted molar refractivity (Wildman–Crippen MR) is 110 cm³/mol. The van der Waals surface area contributed by atoms with Gasteiger partial charge < -0.3 is 10.6 Å². The molecule has 1 aliphatic heterocycles. The Morgan fingerprint density at radius 2 is 1.89 bits per heavy atom. The monoisotopic (exact) mass is 397 g/mol. The van der Waals surface area contributed by atoms with Crippen LogP contribution < -0.4 is 16.0 Å². The van der Waals surface area contributed by atoms with Gasteiger partial charge >= 0.3 is 6.03 Å². The second-order valence-electron chi connectivity index (χ2n) is 7.01. The molecule has 3 N–H and O–H groups in total. The van der Waals surface area contributed by atoms with Crippen molar-refractivity contribution in [1.82, 2.24) is 10.6 Å². The van der Waals surface area contributed by atoms with E-state index in [-0.39, 0.29) is 5.91 Å². The lowest BCUT2D eigenvalue weighted by Gasteiger charge is -2.21. The van der Waals surface area contributed by atoms with Crippen LogP contribution in [0.2, 0.25) is 0 Å². The lowest BCUT2D eigenvalue weighted by molar-refractivity contribution is -0.123. The number of hydrogen-bond donors (Lipinski definition) is 3. The minimum atomic E-state index is -1.14. The molecule has 1 heterocycles. The van der Waals surface area contributed by atoms with Crippen molar-refractivity contribution in [2.24, 2.45) is 0 Å². The highest BCUT2D eigenvalue weighted by molar-refractivity contribution is 7.99. The number of carbonyl (C=O) groups is 3. The number of urea groups is 1. The summed E-state index contributed by atoms with van der Waals surface area (Å²) in [4.78, 5) is 37.0. The van der Waals surface area contributed by atoms with E-state index >= 15 is 0 Å². The molecule has 7 heteroatoms. The molecule has 0 aromatic heterocycles. The normalized spacial score (nSPS) is 18.5. The van der Waals surface area contributed by atoms with E-state index in [1.807, 2.05) is 0 Å². The lowest BCUT2D eigenvalue weighted by Crippen LogP contribution is -2.40. The molecule has 28 heavy (non-hydrogen) atoms. The van der Waals surface area contributed by atoms with Crippen LogP contribution in [-0.2, 0) is 15.1 Å². The van der Waals surface area contributed by atoms with Crippen LogP contribution in [-0.4, -0.2) is 23.6 Å². The van der Waals surface area contributed by atoms with Gasteiger partial charge in [-0.15, -0.1) is 11.8 Å². The zero-order valence-corrected chi connectivity index (χ0v) is 16.9. The molecule has 0 aliphatic carbocycles. The molecule has 3 rings (SSSR count). The van der Waals surface area contributed by atoms with Crippen LogP contribution in [0.3, 0.4) is 0 Å². The van der Waals surface area contributed by atoms with Crippen molar-refractivity contribution in [2.75, 3.05) is 11.1 Å². The van der Waals surface area contributed by atoms with Gasteiger partial charge in [0.05, 0.1) is 0 Å². The highest BCUT2D eigenvalue weighted by atomic mass is 32.2. The summed E-state index contributed by atoms with van der Waals surface area (Å²) in [5.41, 5.74) is 2.55. The second kappa shape index (κ2) is 8.06. The van der Waals surface area contributed by atoms with E-state index in [4.69, 9.17) is 0 Å². The van der Waals surface area contributed by atoms with E-state index in [9.17, 15) is 14.4 Å². The topological polar surface area (TPSA) is 87.3 Å². The molecule has 0 unspecified atom stereocenters. The predicted octanol–water partition coefficient (Wildman–Crippen LogP) is 3.48. The van der Waals surface area contributed by atoms with Crippen molar-refractivity contribution in [2.45, 2.75) is 37.6 Å². The van der Waals surface area contributed by atoms with Crippen LogP contribution in [0.15, 0.2) is 47.4 Å². The standard InChI is InChI=1S/C21H23N3O3S/c1-13-7-8-17(11-14(13)2)28-10-9-18(25)22-16-6-4-5-15(12-16)21(3)19(26)23-20(27)24-21/h4-8,11-12H,9-10H2,1-3H3,(H,22,25)(H2,23,24,26,27)/t21-/m1/s1. The van der Waals surface area contributed by atoms with Crippen LogP contribution in [0, 0.1) is 13.8 Å². The average Bonchev–Trinajstić information content (AvgIpc) is 2.91.